The average molecular weight is 301 g/mol. The second kappa shape index (κ2) is 5.44. The number of pyridine rings is 1. The van der Waals surface area contributed by atoms with E-state index in [0.29, 0.717) is 0 Å². The van der Waals surface area contributed by atoms with E-state index in [1.807, 2.05) is 31.6 Å². The summed E-state index contributed by atoms with van der Waals surface area (Å²) in [4.78, 5) is 9.26. The summed E-state index contributed by atoms with van der Waals surface area (Å²) in [6.45, 7) is 6.19. The van der Waals surface area contributed by atoms with Crippen molar-refractivity contribution in [3.8, 4) is 0 Å². The molecule has 3 heterocycles. The second-order valence-electron chi connectivity index (χ2n) is 5.19. The highest BCUT2D eigenvalue weighted by atomic mass is 32.1. The Bertz CT molecular complexity index is 739. The highest BCUT2D eigenvalue weighted by Crippen LogP contribution is 2.31. The van der Waals surface area contributed by atoms with Gasteiger partial charge in [-0.15, -0.1) is 0 Å². The number of fused-ring (bicyclic) bond motifs is 1. The van der Waals surface area contributed by atoms with E-state index >= 15 is 0 Å². The number of thiazole rings is 1. The summed E-state index contributed by atoms with van der Waals surface area (Å²) in [6, 6.07) is 6.31. The standard InChI is InChI=1S/C15H19N5S/c1-5-11(12-8-6-7-9(2)16-12)17-15-18-14-13(21-15)10(3)19-20(14)4/h6-8,11H,5H2,1-4H3,(H,17,18)/t11-/m0/s1. The number of nitrogens with one attached hydrogen (secondary N) is 1. The first-order valence-corrected chi connectivity index (χ1v) is 7.90. The maximum atomic E-state index is 4.65. The molecule has 1 N–H and O–H groups in total. The lowest BCUT2D eigenvalue weighted by Crippen LogP contribution is -2.11. The number of hydrogen-bond donors (Lipinski definition) is 1. The van der Waals surface area contributed by atoms with E-state index in [0.717, 1.165) is 39.0 Å². The summed E-state index contributed by atoms with van der Waals surface area (Å²) in [5.41, 5.74) is 4.07. The molecule has 0 saturated carbocycles. The first kappa shape index (κ1) is 14.0. The number of aromatic nitrogens is 4. The van der Waals surface area contributed by atoms with E-state index in [2.05, 4.69) is 39.4 Å². The molecule has 3 rings (SSSR count). The summed E-state index contributed by atoms with van der Waals surface area (Å²) < 4.78 is 2.98. The van der Waals surface area contributed by atoms with Gasteiger partial charge in [-0.2, -0.15) is 5.10 Å². The van der Waals surface area contributed by atoms with Crippen molar-refractivity contribution in [2.45, 2.75) is 33.2 Å². The van der Waals surface area contributed by atoms with Crippen molar-refractivity contribution >= 4 is 26.8 Å². The van der Waals surface area contributed by atoms with Gasteiger partial charge in [0, 0.05) is 12.7 Å². The van der Waals surface area contributed by atoms with Crippen LogP contribution in [-0.2, 0) is 7.05 Å². The molecule has 0 saturated heterocycles. The topological polar surface area (TPSA) is 55.6 Å². The molecule has 0 aromatic carbocycles. The van der Waals surface area contributed by atoms with Crippen molar-refractivity contribution < 1.29 is 0 Å². The molecule has 3 aromatic heterocycles. The van der Waals surface area contributed by atoms with Crippen LogP contribution in [0.15, 0.2) is 18.2 Å². The molecule has 110 valence electrons. The molecule has 0 radical (unpaired) electrons. The van der Waals surface area contributed by atoms with Crippen molar-refractivity contribution in [3.05, 3.63) is 35.3 Å². The lowest BCUT2D eigenvalue weighted by atomic mass is 10.1. The van der Waals surface area contributed by atoms with Crippen LogP contribution in [0.5, 0.6) is 0 Å². The van der Waals surface area contributed by atoms with Crippen molar-refractivity contribution in [2.75, 3.05) is 5.32 Å². The number of aryl methyl sites for hydroxylation is 3. The Morgan fingerprint density at radius 2 is 2.10 bits per heavy atom. The number of rotatable bonds is 4. The molecule has 0 aliphatic carbocycles. The smallest absolute Gasteiger partial charge is 0.185 e. The molecule has 0 aliphatic heterocycles. The largest absolute Gasteiger partial charge is 0.353 e. The normalized spacial score (nSPS) is 12.8. The van der Waals surface area contributed by atoms with Crippen LogP contribution in [0.25, 0.3) is 10.3 Å². The van der Waals surface area contributed by atoms with Gasteiger partial charge in [0.15, 0.2) is 10.8 Å². The van der Waals surface area contributed by atoms with Gasteiger partial charge in [-0.1, -0.05) is 24.3 Å². The van der Waals surface area contributed by atoms with Crippen LogP contribution in [0.4, 0.5) is 5.13 Å². The van der Waals surface area contributed by atoms with Gasteiger partial charge in [-0.05, 0) is 32.4 Å². The van der Waals surface area contributed by atoms with E-state index < -0.39 is 0 Å². The van der Waals surface area contributed by atoms with Crippen molar-refractivity contribution in [3.63, 3.8) is 0 Å². The average Bonchev–Trinajstić information content (AvgIpc) is 2.98. The van der Waals surface area contributed by atoms with E-state index in [-0.39, 0.29) is 6.04 Å². The molecule has 0 spiro atoms. The van der Waals surface area contributed by atoms with Gasteiger partial charge in [0.2, 0.25) is 0 Å². The molecular formula is C15H19N5S. The predicted molar refractivity (Wildman–Crippen MR) is 86.8 cm³/mol. The Morgan fingerprint density at radius 1 is 1.29 bits per heavy atom. The van der Waals surface area contributed by atoms with Gasteiger partial charge in [0.05, 0.1) is 22.1 Å². The fourth-order valence-corrected chi connectivity index (χ4v) is 3.42. The molecule has 5 nitrogen and oxygen atoms in total. The zero-order chi connectivity index (χ0) is 15.0. The lowest BCUT2D eigenvalue weighted by molar-refractivity contribution is 0.718. The lowest BCUT2D eigenvalue weighted by Gasteiger charge is -2.16. The van der Waals surface area contributed by atoms with Crippen molar-refractivity contribution in [1.82, 2.24) is 19.7 Å². The third kappa shape index (κ3) is 2.63. The van der Waals surface area contributed by atoms with Crippen LogP contribution in [0, 0.1) is 13.8 Å². The Morgan fingerprint density at radius 3 is 2.76 bits per heavy atom. The van der Waals surface area contributed by atoms with E-state index in [4.69, 9.17) is 0 Å². The fraction of sp³-hybridized carbons (Fsp3) is 0.400. The highest BCUT2D eigenvalue weighted by Gasteiger charge is 2.16. The summed E-state index contributed by atoms with van der Waals surface area (Å²) >= 11 is 1.65. The Hall–Kier alpha value is -1.95. The van der Waals surface area contributed by atoms with Crippen LogP contribution in [0.3, 0.4) is 0 Å². The minimum atomic E-state index is 0.179. The molecule has 6 heteroatoms. The first-order chi connectivity index (χ1) is 10.1. The van der Waals surface area contributed by atoms with Crippen molar-refractivity contribution in [2.24, 2.45) is 7.05 Å². The number of anilines is 1. The molecule has 0 unspecified atom stereocenters. The second-order valence-corrected chi connectivity index (χ2v) is 6.19. The molecule has 0 bridgehead atoms. The maximum Gasteiger partial charge on any atom is 0.185 e. The van der Waals surface area contributed by atoms with E-state index in [1.165, 1.54) is 0 Å². The predicted octanol–water partition coefficient (Wildman–Crippen LogP) is 3.60. The summed E-state index contributed by atoms with van der Waals surface area (Å²) in [5.74, 6) is 0. The Balaban J connectivity index is 1.90. The minimum absolute atomic E-state index is 0.179. The third-order valence-electron chi connectivity index (χ3n) is 3.52. The minimum Gasteiger partial charge on any atom is -0.353 e. The highest BCUT2D eigenvalue weighted by molar-refractivity contribution is 7.22. The Labute approximate surface area is 128 Å². The third-order valence-corrected chi connectivity index (χ3v) is 4.60. The van der Waals surface area contributed by atoms with Crippen LogP contribution in [0.1, 0.15) is 36.5 Å². The quantitative estimate of drug-likeness (QED) is 0.800. The van der Waals surface area contributed by atoms with Gasteiger partial charge < -0.3 is 5.32 Å². The zero-order valence-electron chi connectivity index (χ0n) is 12.7. The SMILES string of the molecule is CC[C@H](Nc1nc2c(s1)c(C)nn2C)c1cccc(C)n1. The summed E-state index contributed by atoms with van der Waals surface area (Å²) in [5, 5.41) is 8.82. The van der Waals surface area contributed by atoms with Crippen LogP contribution in [-0.4, -0.2) is 19.7 Å². The Kier molecular flexibility index (Phi) is 3.63. The van der Waals surface area contributed by atoms with Crippen molar-refractivity contribution in [1.29, 1.82) is 0 Å². The van der Waals surface area contributed by atoms with Gasteiger partial charge in [-0.25, -0.2) is 9.67 Å². The maximum absolute atomic E-state index is 4.65. The summed E-state index contributed by atoms with van der Waals surface area (Å²) in [7, 11) is 1.93. The monoisotopic (exact) mass is 301 g/mol. The molecule has 0 amide bonds. The van der Waals surface area contributed by atoms with E-state index in [9.17, 15) is 0 Å². The van der Waals surface area contributed by atoms with Gasteiger partial charge in [0.1, 0.15) is 0 Å². The first-order valence-electron chi connectivity index (χ1n) is 7.08. The molecular weight excluding hydrogens is 282 g/mol. The number of nitrogens with zero attached hydrogens (tertiary/aromatic N) is 4. The fourth-order valence-electron chi connectivity index (χ4n) is 2.44. The van der Waals surface area contributed by atoms with E-state index in [1.54, 1.807) is 11.3 Å². The molecule has 21 heavy (non-hydrogen) atoms. The van der Waals surface area contributed by atoms with Gasteiger partial charge >= 0.3 is 0 Å². The van der Waals surface area contributed by atoms with Gasteiger partial charge in [0.25, 0.3) is 0 Å². The van der Waals surface area contributed by atoms with Crippen LogP contribution >= 0.6 is 11.3 Å². The van der Waals surface area contributed by atoms with Gasteiger partial charge in [-0.3, -0.25) is 4.98 Å². The molecule has 0 fully saturated rings. The molecule has 0 aliphatic rings. The summed E-state index contributed by atoms with van der Waals surface area (Å²) in [6.07, 6.45) is 0.962. The molecule has 3 aromatic rings. The van der Waals surface area contributed by atoms with Crippen LogP contribution in [0.2, 0.25) is 0 Å². The zero-order valence-corrected chi connectivity index (χ0v) is 13.5. The molecule has 1 atom stereocenters. The van der Waals surface area contributed by atoms with Crippen LogP contribution < -0.4 is 5.32 Å². The number of hydrogen-bond acceptors (Lipinski definition) is 5.